The molecule has 0 atom stereocenters. The molecular formula is C16H22ClNO5S. The fraction of sp³-hybridized carbons (Fsp3) is 0.562. The second kappa shape index (κ2) is 8.18. The van der Waals surface area contributed by atoms with E-state index >= 15 is 0 Å². The highest BCUT2D eigenvalue weighted by Gasteiger charge is 2.30. The number of hydrogen-bond donors (Lipinski definition) is 0. The molecule has 6 nitrogen and oxygen atoms in total. The lowest BCUT2D eigenvalue weighted by atomic mass is 9.92. The first kappa shape index (κ1) is 19.0. The van der Waals surface area contributed by atoms with Crippen molar-refractivity contribution in [2.24, 2.45) is 0 Å². The fourth-order valence-corrected chi connectivity index (χ4v) is 3.50. The van der Waals surface area contributed by atoms with Gasteiger partial charge in [-0.1, -0.05) is 11.6 Å². The number of rotatable bonds is 5. The topological polar surface area (TPSA) is 72.9 Å². The van der Waals surface area contributed by atoms with Crippen LogP contribution in [-0.4, -0.2) is 44.4 Å². The highest BCUT2D eigenvalue weighted by atomic mass is 35.5. The van der Waals surface area contributed by atoms with E-state index in [0.29, 0.717) is 36.5 Å². The molecule has 1 aliphatic carbocycles. The molecule has 1 aromatic carbocycles. The van der Waals surface area contributed by atoms with E-state index in [-0.39, 0.29) is 17.9 Å². The Balaban J connectivity index is 1.84. The van der Waals surface area contributed by atoms with E-state index in [4.69, 9.17) is 20.5 Å². The van der Waals surface area contributed by atoms with Crippen LogP contribution >= 0.6 is 11.6 Å². The van der Waals surface area contributed by atoms with E-state index in [2.05, 4.69) is 0 Å². The molecule has 1 amide bonds. The SMILES string of the molecule is CCS(=O)(=O)OC1CCC(N(C)C(=O)Oc2ccc(Cl)cc2)CC1. The first-order valence-electron chi connectivity index (χ1n) is 7.92. The van der Waals surface area contributed by atoms with Gasteiger partial charge in [-0.2, -0.15) is 8.42 Å². The summed E-state index contributed by atoms with van der Waals surface area (Å²) < 4.78 is 33.5. The summed E-state index contributed by atoms with van der Waals surface area (Å²) in [4.78, 5) is 13.8. The number of carbonyl (C=O) groups is 1. The molecule has 0 bridgehead atoms. The van der Waals surface area contributed by atoms with Gasteiger partial charge < -0.3 is 9.64 Å². The first-order chi connectivity index (χ1) is 11.3. The van der Waals surface area contributed by atoms with E-state index in [1.165, 1.54) is 0 Å². The van der Waals surface area contributed by atoms with Crippen molar-refractivity contribution in [3.63, 3.8) is 0 Å². The van der Waals surface area contributed by atoms with Gasteiger partial charge in [0.15, 0.2) is 0 Å². The van der Waals surface area contributed by atoms with Crippen molar-refractivity contribution < 1.29 is 22.1 Å². The molecule has 0 unspecified atom stereocenters. The van der Waals surface area contributed by atoms with Gasteiger partial charge >= 0.3 is 6.09 Å². The number of hydrogen-bond acceptors (Lipinski definition) is 5. The van der Waals surface area contributed by atoms with Gasteiger partial charge in [0, 0.05) is 18.1 Å². The van der Waals surface area contributed by atoms with E-state index in [1.54, 1.807) is 43.1 Å². The van der Waals surface area contributed by atoms with Crippen LogP contribution in [0.25, 0.3) is 0 Å². The minimum Gasteiger partial charge on any atom is -0.410 e. The second-order valence-electron chi connectivity index (χ2n) is 5.81. The van der Waals surface area contributed by atoms with Crippen molar-refractivity contribution in [3.8, 4) is 5.75 Å². The third-order valence-electron chi connectivity index (χ3n) is 4.13. The molecule has 0 N–H and O–H groups in total. The maximum absolute atomic E-state index is 12.2. The number of carbonyl (C=O) groups excluding carboxylic acids is 1. The Hall–Kier alpha value is -1.31. The fourth-order valence-electron chi connectivity index (χ4n) is 2.63. The van der Waals surface area contributed by atoms with Gasteiger partial charge in [-0.3, -0.25) is 4.18 Å². The summed E-state index contributed by atoms with van der Waals surface area (Å²) in [5, 5.41) is 0.573. The van der Waals surface area contributed by atoms with Crippen LogP contribution < -0.4 is 4.74 Å². The quantitative estimate of drug-likeness (QED) is 0.737. The molecule has 134 valence electrons. The molecule has 1 fully saturated rings. The van der Waals surface area contributed by atoms with E-state index in [9.17, 15) is 13.2 Å². The highest BCUT2D eigenvalue weighted by molar-refractivity contribution is 7.86. The predicted octanol–water partition coefficient (Wildman–Crippen LogP) is 3.45. The van der Waals surface area contributed by atoms with Crippen LogP contribution in [0.1, 0.15) is 32.6 Å². The molecule has 1 saturated carbocycles. The maximum atomic E-state index is 12.2. The number of amides is 1. The number of benzene rings is 1. The summed E-state index contributed by atoms with van der Waals surface area (Å²) >= 11 is 5.80. The van der Waals surface area contributed by atoms with Crippen molar-refractivity contribution in [1.82, 2.24) is 4.90 Å². The van der Waals surface area contributed by atoms with Gasteiger partial charge in [0.25, 0.3) is 10.1 Å². The Morgan fingerprint density at radius 2 is 1.79 bits per heavy atom. The average Bonchev–Trinajstić information content (AvgIpc) is 2.56. The zero-order chi connectivity index (χ0) is 17.7. The molecule has 2 rings (SSSR count). The van der Waals surface area contributed by atoms with Gasteiger partial charge in [-0.05, 0) is 56.9 Å². The van der Waals surface area contributed by atoms with Crippen LogP contribution in [0.15, 0.2) is 24.3 Å². The third kappa shape index (κ3) is 5.36. The van der Waals surface area contributed by atoms with Crippen LogP contribution in [0, 0.1) is 0 Å². The van der Waals surface area contributed by atoms with Gasteiger partial charge in [0.05, 0.1) is 11.9 Å². The molecule has 0 heterocycles. The summed E-state index contributed by atoms with van der Waals surface area (Å²) in [7, 11) is -1.75. The van der Waals surface area contributed by atoms with Gasteiger partial charge in [-0.25, -0.2) is 4.79 Å². The number of nitrogens with zero attached hydrogens (tertiary/aromatic N) is 1. The Labute approximate surface area is 147 Å². The Morgan fingerprint density at radius 3 is 2.33 bits per heavy atom. The molecule has 0 aliphatic heterocycles. The molecular weight excluding hydrogens is 354 g/mol. The van der Waals surface area contributed by atoms with Crippen molar-refractivity contribution in [1.29, 1.82) is 0 Å². The van der Waals surface area contributed by atoms with Crippen molar-refractivity contribution >= 4 is 27.8 Å². The minimum atomic E-state index is -3.43. The number of ether oxygens (including phenoxy) is 1. The van der Waals surface area contributed by atoms with Crippen molar-refractivity contribution in [2.45, 2.75) is 44.8 Å². The molecule has 0 spiro atoms. The summed E-state index contributed by atoms with van der Waals surface area (Å²) in [6.45, 7) is 1.56. The zero-order valence-corrected chi connectivity index (χ0v) is 15.3. The van der Waals surface area contributed by atoms with Crippen molar-refractivity contribution in [2.75, 3.05) is 12.8 Å². The van der Waals surface area contributed by atoms with E-state index in [1.807, 2.05) is 0 Å². The second-order valence-corrected chi connectivity index (χ2v) is 8.13. The normalized spacial score (nSPS) is 21.3. The Kier molecular flexibility index (Phi) is 6.48. The summed E-state index contributed by atoms with van der Waals surface area (Å²) in [5.74, 6) is 0.405. The molecule has 0 saturated heterocycles. The minimum absolute atomic E-state index is 0.00832. The Bertz CT molecular complexity index is 654. The van der Waals surface area contributed by atoms with Crippen molar-refractivity contribution in [3.05, 3.63) is 29.3 Å². The van der Waals surface area contributed by atoms with Gasteiger partial charge in [-0.15, -0.1) is 0 Å². The average molecular weight is 376 g/mol. The summed E-state index contributed by atoms with van der Waals surface area (Å²) in [6, 6.07) is 6.58. The monoisotopic (exact) mass is 375 g/mol. The van der Waals surface area contributed by atoms with E-state index in [0.717, 1.165) is 0 Å². The first-order valence-corrected chi connectivity index (χ1v) is 9.87. The maximum Gasteiger partial charge on any atom is 0.415 e. The molecule has 0 aromatic heterocycles. The van der Waals surface area contributed by atoms with Crippen LogP contribution in [0.4, 0.5) is 4.79 Å². The Morgan fingerprint density at radius 1 is 1.21 bits per heavy atom. The van der Waals surface area contributed by atoms with Crippen LogP contribution in [0.5, 0.6) is 5.75 Å². The summed E-state index contributed by atoms with van der Waals surface area (Å²) in [5.41, 5.74) is 0. The smallest absolute Gasteiger partial charge is 0.410 e. The largest absolute Gasteiger partial charge is 0.415 e. The zero-order valence-electron chi connectivity index (χ0n) is 13.8. The predicted molar refractivity (Wildman–Crippen MR) is 91.8 cm³/mol. The molecule has 24 heavy (non-hydrogen) atoms. The highest BCUT2D eigenvalue weighted by Crippen LogP contribution is 2.26. The van der Waals surface area contributed by atoms with Crippen LogP contribution in [-0.2, 0) is 14.3 Å². The molecule has 0 radical (unpaired) electrons. The van der Waals surface area contributed by atoms with Crippen LogP contribution in [0.3, 0.4) is 0 Å². The van der Waals surface area contributed by atoms with Gasteiger partial charge in [0.2, 0.25) is 0 Å². The number of halogens is 1. The molecule has 1 aromatic rings. The lowest BCUT2D eigenvalue weighted by Crippen LogP contribution is -2.42. The van der Waals surface area contributed by atoms with E-state index < -0.39 is 16.2 Å². The summed E-state index contributed by atoms with van der Waals surface area (Å²) in [6.07, 6.45) is 1.81. The lowest BCUT2D eigenvalue weighted by Gasteiger charge is -2.33. The van der Waals surface area contributed by atoms with Gasteiger partial charge in [0.1, 0.15) is 5.75 Å². The standard InChI is InChI=1S/C16H22ClNO5S/c1-3-24(20,21)23-15-10-6-13(7-11-15)18(2)16(19)22-14-8-4-12(17)5-9-14/h4-5,8-9,13,15H,3,6-7,10-11H2,1-2H3. The molecule has 8 heteroatoms. The van der Waals surface area contributed by atoms with Crippen LogP contribution in [0.2, 0.25) is 5.02 Å². The molecule has 1 aliphatic rings. The lowest BCUT2D eigenvalue weighted by molar-refractivity contribution is 0.0968. The third-order valence-corrected chi connectivity index (χ3v) is 5.66.